The van der Waals surface area contributed by atoms with Crippen LogP contribution in [0.3, 0.4) is 0 Å². The highest BCUT2D eigenvalue weighted by Gasteiger charge is 2.13. The highest BCUT2D eigenvalue weighted by molar-refractivity contribution is 9.10. The molecular formula is C14H7Br2FN2O. The van der Waals surface area contributed by atoms with Crippen molar-refractivity contribution in [3.8, 4) is 6.07 Å². The minimum Gasteiger partial charge on any atom is -0.321 e. The maximum Gasteiger partial charge on any atom is 0.258 e. The molecule has 2 aromatic carbocycles. The van der Waals surface area contributed by atoms with E-state index >= 15 is 0 Å². The lowest BCUT2D eigenvalue weighted by atomic mass is 10.2. The van der Waals surface area contributed by atoms with Crippen LogP contribution in [0, 0.1) is 17.1 Å². The molecule has 1 amide bonds. The van der Waals surface area contributed by atoms with E-state index < -0.39 is 11.7 Å². The average molecular weight is 398 g/mol. The Hall–Kier alpha value is -1.71. The van der Waals surface area contributed by atoms with Crippen LogP contribution in [0.5, 0.6) is 0 Å². The first-order valence-corrected chi connectivity index (χ1v) is 7.06. The number of halogens is 3. The third-order valence-corrected chi connectivity index (χ3v) is 3.67. The smallest absolute Gasteiger partial charge is 0.258 e. The Kier molecular flexibility index (Phi) is 4.53. The molecule has 1 N–H and O–H groups in total. The zero-order chi connectivity index (χ0) is 14.7. The molecular weight excluding hydrogens is 391 g/mol. The molecule has 0 atom stereocenters. The zero-order valence-electron chi connectivity index (χ0n) is 9.95. The second kappa shape index (κ2) is 6.16. The molecule has 0 radical (unpaired) electrons. The summed E-state index contributed by atoms with van der Waals surface area (Å²) in [6.45, 7) is 0. The van der Waals surface area contributed by atoms with E-state index in [1.54, 1.807) is 18.2 Å². The molecule has 0 unspecified atom stereocenters. The highest BCUT2D eigenvalue weighted by Crippen LogP contribution is 2.25. The summed E-state index contributed by atoms with van der Waals surface area (Å²) in [4.78, 5) is 12.0. The molecule has 0 heterocycles. The highest BCUT2D eigenvalue weighted by atomic mass is 79.9. The quantitative estimate of drug-likeness (QED) is 0.812. The fourth-order valence-corrected chi connectivity index (χ4v) is 2.39. The number of anilines is 1. The van der Waals surface area contributed by atoms with Crippen molar-refractivity contribution in [2.45, 2.75) is 0 Å². The van der Waals surface area contributed by atoms with Crippen molar-refractivity contribution in [1.29, 1.82) is 5.26 Å². The normalized spacial score (nSPS) is 9.90. The van der Waals surface area contributed by atoms with Gasteiger partial charge in [0.05, 0.1) is 22.9 Å². The second-order valence-electron chi connectivity index (χ2n) is 3.88. The number of nitrogens with one attached hydrogen (secondary N) is 1. The summed E-state index contributed by atoms with van der Waals surface area (Å²) in [5.74, 6) is -1.16. The van der Waals surface area contributed by atoms with Crippen molar-refractivity contribution in [2.24, 2.45) is 0 Å². The molecule has 0 aliphatic rings. The van der Waals surface area contributed by atoms with Crippen molar-refractivity contribution in [2.75, 3.05) is 5.32 Å². The Balaban J connectivity index is 2.28. The third-order valence-electron chi connectivity index (χ3n) is 2.52. The van der Waals surface area contributed by atoms with Crippen LogP contribution < -0.4 is 5.32 Å². The number of hydrogen-bond donors (Lipinski definition) is 1. The van der Waals surface area contributed by atoms with Crippen LogP contribution in [0.4, 0.5) is 10.1 Å². The summed E-state index contributed by atoms with van der Waals surface area (Å²) >= 11 is 6.44. The van der Waals surface area contributed by atoms with Crippen LogP contribution in [0.1, 0.15) is 15.9 Å². The lowest BCUT2D eigenvalue weighted by molar-refractivity contribution is 0.102. The first kappa shape index (κ1) is 14.7. The van der Waals surface area contributed by atoms with Gasteiger partial charge in [0.2, 0.25) is 0 Å². The van der Waals surface area contributed by atoms with Gasteiger partial charge in [-0.05, 0) is 52.3 Å². The summed E-state index contributed by atoms with van der Waals surface area (Å²) in [5.41, 5.74) is 0.868. The minimum atomic E-state index is -0.601. The predicted molar refractivity (Wildman–Crippen MR) is 80.9 cm³/mol. The summed E-state index contributed by atoms with van der Waals surface area (Å²) in [5, 5.41) is 11.4. The van der Waals surface area contributed by atoms with Gasteiger partial charge in [0, 0.05) is 8.95 Å². The summed E-state index contributed by atoms with van der Waals surface area (Å²) in [6, 6.07) is 10.8. The molecule has 0 fully saturated rings. The molecule has 3 nitrogen and oxygen atoms in total. The summed E-state index contributed by atoms with van der Waals surface area (Å²) in [6.07, 6.45) is 0. The van der Waals surface area contributed by atoms with Crippen molar-refractivity contribution in [3.63, 3.8) is 0 Å². The van der Waals surface area contributed by atoms with Gasteiger partial charge in [-0.25, -0.2) is 4.39 Å². The fraction of sp³-hybridized carbons (Fsp3) is 0. The van der Waals surface area contributed by atoms with E-state index in [0.717, 1.165) is 0 Å². The van der Waals surface area contributed by atoms with Crippen LogP contribution in [-0.4, -0.2) is 5.91 Å². The van der Waals surface area contributed by atoms with Crippen molar-refractivity contribution >= 4 is 43.5 Å². The van der Waals surface area contributed by atoms with Crippen LogP contribution in [0.15, 0.2) is 45.3 Å². The van der Waals surface area contributed by atoms with Gasteiger partial charge in [-0.2, -0.15) is 5.26 Å². The lowest BCUT2D eigenvalue weighted by Gasteiger charge is -2.08. The number of carbonyl (C=O) groups excluding carboxylic acids is 1. The first-order chi connectivity index (χ1) is 9.51. The SMILES string of the molecule is N#Cc1ccc(NC(=O)c2cc(Br)ccc2F)c(Br)c1. The maximum absolute atomic E-state index is 13.6. The number of nitrogens with zero attached hydrogens (tertiary/aromatic N) is 1. The summed E-state index contributed by atoms with van der Waals surface area (Å²) in [7, 11) is 0. The minimum absolute atomic E-state index is 0.0596. The van der Waals surface area contributed by atoms with Crippen LogP contribution in [0.25, 0.3) is 0 Å². The molecule has 0 aliphatic heterocycles. The van der Waals surface area contributed by atoms with Gasteiger partial charge in [-0.3, -0.25) is 4.79 Å². The molecule has 2 rings (SSSR count). The molecule has 20 heavy (non-hydrogen) atoms. The maximum atomic E-state index is 13.6. The lowest BCUT2D eigenvalue weighted by Crippen LogP contribution is -2.14. The Bertz CT molecular complexity index is 726. The molecule has 0 spiro atoms. The standard InChI is InChI=1S/C14H7Br2FN2O/c15-9-2-3-12(17)10(6-9)14(20)19-13-4-1-8(7-18)5-11(13)16/h1-6H,(H,19,20). The van der Waals surface area contributed by atoms with Crippen molar-refractivity contribution in [1.82, 2.24) is 0 Å². The number of nitriles is 1. The van der Waals surface area contributed by atoms with Crippen molar-refractivity contribution in [3.05, 3.63) is 62.3 Å². The first-order valence-electron chi connectivity index (χ1n) is 5.47. The molecule has 0 saturated carbocycles. The number of benzene rings is 2. The van der Waals surface area contributed by atoms with E-state index in [1.807, 2.05) is 6.07 Å². The van der Waals surface area contributed by atoms with Gasteiger partial charge in [0.1, 0.15) is 5.82 Å². The van der Waals surface area contributed by atoms with Crippen LogP contribution in [0.2, 0.25) is 0 Å². The van der Waals surface area contributed by atoms with Gasteiger partial charge in [0.15, 0.2) is 0 Å². The summed E-state index contributed by atoms with van der Waals surface area (Å²) < 4.78 is 14.8. The second-order valence-corrected chi connectivity index (χ2v) is 5.65. The average Bonchev–Trinajstić information content (AvgIpc) is 2.43. The molecule has 2 aromatic rings. The van der Waals surface area contributed by atoms with Gasteiger partial charge in [0.25, 0.3) is 5.91 Å². The van der Waals surface area contributed by atoms with Gasteiger partial charge >= 0.3 is 0 Å². The van der Waals surface area contributed by atoms with Gasteiger partial charge in [-0.15, -0.1) is 0 Å². The Morgan fingerprint density at radius 2 is 1.95 bits per heavy atom. The van der Waals surface area contributed by atoms with E-state index in [1.165, 1.54) is 18.2 Å². The molecule has 0 aromatic heterocycles. The Morgan fingerprint density at radius 3 is 2.60 bits per heavy atom. The Morgan fingerprint density at radius 1 is 1.20 bits per heavy atom. The van der Waals surface area contributed by atoms with E-state index in [0.29, 0.717) is 20.2 Å². The monoisotopic (exact) mass is 396 g/mol. The number of rotatable bonds is 2. The number of carbonyl (C=O) groups is 1. The fourth-order valence-electron chi connectivity index (χ4n) is 1.55. The van der Waals surface area contributed by atoms with E-state index in [9.17, 15) is 9.18 Å². The Labute approximate surface area is 131 Å². The van der Waals surface area contributed by atoms with Gasteiger partial charge < -0.3 is 5.32 Å². The van der Waals surface area contributed by atoms with Crippen LogP contribution in [-0.2, 0) is 0 Å². The number of amides is 1. The van der Waals surface area contributed by atoms with E-state index in [4.69, 9.17) is 5.26 Å². The number of hydrogen-bond acceptors (Lipinski definition) is 2. The third kappa shape index (κ3) is 3.24. The van der Waals surface area contributed by atoms with Gasteiger partial charge in [-0.1, -0.05) is 15.9 Å². The molecule has 100 valence electrons. The molecule has 0 bridgehead atoms. The van der Waals surface area contributed by atoms with E-state index in [2.05, 4.69) is 37.2 Å². The molecule has 6 heteroatoms. The zero-order valence-corrected chi connectivity index (χ0v) is 13.1. The largest absolute Gasteiger partial charge is 0.321 e. The van der Waals surface area contributed by atoms with Crippen molar-refractivity contribution < 1.29 is 9.18 Å². The molecule has 0 aliphatic carbocycles. The van der Waals surface area contributed by atoms with E-state index in [-0.39, 0.29) is 5.56 Å². The predicted octanol–water partition coefficient (Wildman–Crippen LogP) is 4.47. The molecule has 0 saturated heterocycles. The topological polar surface area (TPSA) is 52.9 Å². The van der Waals surface area contributed by atoms with Crippen LogP contribution >= 0.6 is 31.9 Å².